The highest BCUT2D eigenvalue weighted by Crippen LogP contribution is 2.43. The first-order valence-electron chi connectivity index (χ1n) is 8.49. The van der Waals surface area contributed by atoms with Gasteiger partial charge in [-0.3, -0.25) is 9.59 Å². The van der Waals surface area contributed by atoms with Gasteiger partial charge in [-0.1, -0.05) is 18.2 Å². The minimum atomic E-state index is -0.925. The number of benzene rings is 2. The van der Waals surface area contributed by atoms with Crippen molar-refractivity contribution in [1.29, 1.82) is 0 Å². The van der Waals surface area contributed by atoms with Crippen LogP contribution < -0.4 is 14.8 Å². The van der Waals surface area contributed by atoms with E-state index in [1.54, 1.807) is 36.4 Å². The molecule has 0 saturated carbocycles. The van der Waals surface area contributed by atoms with E-state index >= 15 is 0 Å². The van der Waals surface area contributed by atoms with Crippen LogP contribution in [-0.4, -0.2) is 37.2 Å². The number of anilines is 1. The van der Waals surface area contributed by atoms with Gasteiger partial charge < -0.3 is 24.6 Å². The third kappa shape index (κ3) is 3.90. The Kier molecular flexibility index (Phi) is 5.49. The number of rotatable bonds is 7. The molecule has 2 aromatic carbocycles. The molecule has 1 aliphatic heterocycles. The van der Waals surface area contributed by atoms with Gasteiger partial charge in [0.1, 0.15) is 11.7 Å². The van der Waals surface area contributed by atoms with E-state index in [4.69, 9.17) is 19.3 Å². The maximum Gasteiger partial charge on any atom is 0.343 e. The number of hydrogen-bond donors (Lipinski definition) is 2. The van der Waals surface area contributed by atoms with Gasteiger partial charge in [-0.2, -0.15) is 0 Å². The molecule has 0 radical (unpaired) electrons. The number of amides is 1. The third-order valence-electron chi connectivity index (χ3n) is 4.34. The molecule has 146 valence electrons. The Bertz CT molecular complexity index is 921. The number of carbonyl (C=O) groups excluding carboxylic acids is 2. The number of carbonyl (C=O) groups is 3. The van der Waals surface area contributed by atoms with E-state index in [1.165, 1.54) is 14.2 Å². The van der Waals surface area contributed by atoms with Crippen molar-refractivity contribution in [3.63, 3.8) is 0 Å². The maximum atomic E-state index is 12.4. The van der Waals surface area contributed by atoms with Crippen LogP contribution in [0.4, 0.5) is 5.69 Å². The van der Waals surface area contributed by atoms with Gasteiger partial charge in [-0.25, -0.2) is 4.79 Å². The standard InChI is InChI=1S/C20H19NO7/c1-26-14-8-7-13-15(28-20(25)18(13)19(14)27-2)10-16(22)21-12-5-3-11(4-6-12)9-17(23)24/h3-8,15H,9-10H2,1-2H3,(H,21,22)(H,23,24)/t15-/m0/s1. The van der Waals surface area contributed by atoms with Gasteiger partial charge in [0.25, 0.3) is 0 Å². The molecular formula is C20H19NO7. The fourth-order valence-corrected chi connectivity index (χ4v) is 3.09. The number of carboxylic acids is 1. The molecule has 1 atom stereocenters. The summed E-state index contributed by atoms with van der Waals surface area (Å²) in [6.45, 7) is 0. The van der Waals surface area contributed by atoms with Crippen molar-refractivity contribution in [2.75, 3.05) is 19.5 Å². The molecule has 0 fully saturated rings. The number of hydrogen-bond acceptors (Lipinski definition) is 6. The monoisotopic (exact) mass is 385 g/mol. The zero-order valence-electron chi connectivity index (χ0n) is 15.4. The van der Waals surface area contributed by atoms with Crippen LogP contribution in [-0.2, 0) is 20.7 Å². The van der Waals surface area contributed by atoms with Crippen LogP contribution in [0.1, 0.15) is 34.0 Å². The van der Waals surface area contributed by atoms with Crippen molar-refractivity contribution >= 4 is 23.5 Å². The van der Waals surface area contributed by atoms with Crippen LogP contribution in [0.5, 0.6) is 11.5 Å². The number of esters is 1. The molecule has 0 aliphatic carbocycles. The molecular weight excluding hydrogens is 366 g/mol. The zero-order valence-corrected chi connectivity index (χ0v) is 15.4. The Morgan fingerprint density at radius 1 is 1.11 bits per heavy atom. The fourth-order valence-electron chi connectivity index (χ4n) is 3.09. The summed E-state index contributed by atoms with van der Waals surface area (Å²) >= 11 is 0. The first kappa shape index (κ1) is 19.2. The highest BCUT2D eigenvalue weighted by Gasteiger charge is 2.36. The predicted molar refractivity (Wildman–Crippen MR) is 98.7 cm³/mol. The van der Waals surface area contributed by atoms with Crippen molar-refractivity contribution < 1.29 is 33.7 Å². The summed E-state index contributed by atoms with van der Waals surface area (Å²) in [7, 11) is 2.90. The molecule has 0 bridgehead atoms. The van der Waals surface area contributed by atoms with Crippen LogP contribution in [0.2, 0.25) is 0 Å². The molecule has 8 nitrogen and oxygen atoms in total. The molecule has 0 unspecified atom stereocenters. The average Bonchev–Trinajstić information content (AvgIpc) is 2.97. The number of fused-ring (bicyclic) bond motifs is 1. The molecule has 1 heterocycles. The van der Waals surface area contributed by atoms with Crippen molar-refractivity contribution in [3.8, 4) is 11.5 Å². The van der Waals surface area contributed by atoms with Crippen molar-refractivity contribution in [2.45, 2.75) is 18.9 Å². The zero-order chi connectivity index (χ0) is 20.3. The van der Waals surface area contributed by atoms with Gasteiger partial charge in [-0.05, 0) is 23.8 Å². The van der Waals surface area contributed by atoms with Crippen LogP contribution >= 0.6 is 0 Å². The van der Waals surface area contributed by atoms with Gasteiger partial charge >= 0.3 is 11.9 Å². The maximum absolute atomic E-state index is 12.4. The number of cyclic esters (lactones) is 1. The average molecular weight is 385 g/mol. The Balaban J connectivity index is 1.71. The lowest BCUT2D eigenvalue weighted by Crippen LogP contribution is -2.15. The number of aliphatic carboxylic acids is 1. The van der Waals surface area contributed by atoms with E-state index in [2.05, 4.69) is 5.32 Å². The second-order valence-electron chi connectivity index (χ2n) is 6.18. The van der Waals surface area contributed by atoms with Crippen LogP contribution in [0.15, 0.2) is 36.4 Å². The number of carboxylic acid groups (broad SMARTS) is 1. The van der Waals surface area contributed by atoms with Gasteiger partial charge in [0.15, 0.2) is 11.5 Å². The largest absolute Gasteiger partial charge is 0.493 e. The summed E-state index contributed by atoms with van der Waals surface area (Å²) in [6, 6.07) is 9.85. The number of nitrogens with one attached hydrogen (secondary N) is 1. The first-order valence-corrected chi connectivity index (χ1v) is 8.49. The Morgan fingerprint density at radius 2 is 1.82 bits per heavy atom. The molecule has 8 heteroatoms. The van der Waals surface area contributed by atoms with E-state index in [0.717, 1.165) is 0 Å². The van der Waals surface area contributed by atoms with Crippen molar-refractivity contribution in [3.05, 3.63) is 53.1 Å². The minimum absolute atomic E-state index is 0.0644. The summed E-state index contributed by atoms with van der Waals surface area (Å²) in [5.41, 5.74) is 1.98. The summed E-state index contributed by atoms with van der Waals surface area (Å²) in [5.74, 6) is -1.15. The summed E-state index contributed by atoms with van der Waals surface area (Å²) in [5, 5.41) is 11.5. The molecule has 28 heavy (non-hydrogen) atoms. The summed E-state index contributed by atoms with van der Waals surface area (Å²) < 4.78 is 15.8. The smallest absolute Gasteiger partial charge is 0.343 e. The van der Waals surface area contributed by atoms with Crippen molar-refractivity contribution in [1.82, 2.24) is 0 Å². The van der Waals surface area contributed by atoms with E-state index in [9.17, 15) is 14.4 Å². The normalized spacial score (nSPS) is 14.8. The Hall–Kier alpha value is -3.55. The second kappa shape index (κ2) is 7.99. The minimum Gasteiger partial charge on any atom is -0.493 e. The molecule has 1 amide bonds. The highest BCUT2D eigenvalue weighted by molar-refractivity contribution is 5.99. The predicted octanol–water partition coefficient (Wildman–Crippen LogP) is 2.57. The third-order valence-corrected chi connectivity index (χ3v) is 4.34. The SMILES string of the molecule is COc1ccc2c(c1OC)C(=O)O[C@H]2CC(=O)Nc1ccc(CC(=O)O)cc1. The molecule has 0 spiro atoms. The lowest BCUT2D eigenvalue weighted by Gasteiger charge is -2.12. The Labute approximate surface area is 161 Å². The molecule has 1 aliphatic rings. The topological polar surface area (TPSA) is 111 Å². The molecule has 0 aromatic heterocycles. The molecule has 3 rings (SSSR count). The molecule has 2 aromatic rings. The van der Waals surface area contributed by atoms with Gasteiger partial charge in [0.2, 0.25) is 5.91 Å². The van der Waals surface area contributed by atoms with Crippen molar-refractivity contribution in [2.24, 2.45) is 0 Å². The highest BCUT2D eigenvalue weighted by atomic mass is 16.6. The lowest BCUT2D eigenvalue weighted by atomic mass is 10.0. The van der Waals surface area contributed by atoms with Gasteiger partial charge in [0, 0.05) is 11.3 Å². The lowest BCUT2D eigenvalue weighted by molar-refractivity contribution is -0.136. The molecule has 2 N–H and O–H groups in total. The van der Waals surface area contributed by atoms with Crippen LogP contribution in [0.3, 0.4) is 0 Å². The van der Waals surface area contributed by atoms with Gasteiger partial charge in [-0.15, -0.1) is 0 Å². The molecule has 0 saturated heterocycles. The van der Waals surface area contributed by atoms with Crippen LogP contribution in [0.25, 0.3) is 0 Å². The summed E-state index contributed by atoms with van der Waals surface area (Å²) in [4.78, 5) is 35.3. The first-order chi connectivity index (χ1) is 13.4. The Morgan fingerprint density at radius 3 is 2.43 bits per heavy atom. The number of methoxy groups -OCH3 is 2. The second-order valence-corrected chi connectivity index (χ2v) is 6.18. The van der Waals surface area contributed by atoms with E-state index < -0.39 is 18.0 Å². The van der Waals surface area contributed by atoms with E-state index in [1.807, 2.05) is 0 Å². The van der Waals surface area contributed by atoms with E-state index in [-0.39, 0.29) is 30.1 Å². The number of ether oxygens (including phenoxy) is 3. The van der Waals surface area contributed by atoms with Gasteiger partial charge in [0.05, 0.1) is 27.1 Å². The fraction of sp³-hybridized carbons (Fsp3) is 0.250. The van der Waals surface area contributed by atoms with Crippen LogP contribution in [0, 0.1) is 0 Å². The quantitative estimate of drug-likeness (QED) is 0.705. The summed E-state index contributed by atoms with van der Waals surface area (Å²) in [6.07, 6.45) is -0.881. The van der Waals surface area contributed by atoms with E-state index in [0.29, 0.717) is 22.6 Å².